The lowest BCUT2D eigenvalue weighted by atomic mass is 10.6. The van der Waals surface area contributed by atoms with E-state index < -0.39 is 0 Å². The van der Waals surface area contributed by atoms with Crippen LogP contribution in [0.4, 0.5) is 0 Å². The number of hydrogen-bond donors (Lipinski definition) is 0. The number of nitrogens with zero attached hydrogens (tertiary/aromatic N) is 2. The highest BCUT2D eigenvalue weighted by atomic mass is 16.1. The van der Waals surface area contributed by atoms with Gasteiger partial charge in [-0.05, 0) is 0 Å². The first kappa shape index (κ1) is 4.30. The second-order valence-corrected chi connectivity index (χ2v) is 1.55. The largest absolute Gasteiger partial charge is 0.356 e. The van der Waals surface area contributed by atoms with E-state index in [9.17, 15) is 4.79 Å². The quantitative estimate of drug-likeness (QED) is 0.408. The van der Waals surface area contributed by atoms with Crippen molar-refractivity contribution in [2.75, 3.05) is 13.6 Å². The number of rotatable bonds is 0. The van der Waals surface area contributed by atoms with Crippen LogP contribution in [0.25, 0.3) is 0 Å². The zero-order chi connectivity index (χ0) is 5.28. The van der Waals surface area contributed by atoms with E-state index in [0.717, 1.165) is 0 Å². The Balaban J connectivity index is 2.58. The highest BCUT2D eigenvalue weighted by Gasteiger charge is 2.06. The van der Waals surface area contributed by atoms with Crippen molar-refractivity contribution in [3.63, 3.8) is 0 Å². The van der Waals surface area contributed by atoms with Gasteiger partial charge in [-0.3, -0.25) is 4.79 Å². The summed E-state index contributed by atoms with van der Waals surface area (Å²) < 4.78 is 0. The summed E-state index contributed by atoms with van der Waals surface area (Å²) in [6, 6.07) is 0. The number of aliphatic imine (C=N–C) groups is 1. The smallest absolute Gasteiger partial charge is 0.266 e. The molecule has 0 aromatic rings. The van der Waals surface area contributed by atoms with Gasteiger partial charge in [0.2, 0.25) is 0 Å². The normalized spacial score (nSPS) is 19.0. The van der Waals surface area contributed by atoms with Gasteiger partial charge in [-0.25, -0.2) is 4.99 Å². The van der Waals surface area contributed by atoms with E-state index in [1.807, 2.05) is 7.05 Å². The van der Waals surface area contributed by atoms with Crippen LogP contribution in [0.3, 0.4) is 0 Å². The van der Waals surface area contributed by atoms with Crippen LogP contribution in [-0.2, 0) is 4.79 Å². The molecule has 1 aliphatic heterocycles. The summed E-state index contributed by atoms with van der Waals surface area (Å²) in [5, 5.41) is 0. The molecule has 38 valence electrons. The molecule has 1 amide bonds. The summed E-state index contributed by atoms with van der Waals surface area (Å²) in [4.78, 5) is 15.4. The SMILES string of the molecule is CN1C=NC(=O)C1. The Hall–Kier alpha value is -0.860. The first-order chi connectivity index (χ1) is 3.29. The van der Waals surface area contributed by atoms with Crippen molar-refractivity contribution in [3.8, 4) is 0 Å². The Morgan fingerprint density at radius 1 is 2.00 bits per heavy atom. The molecule has 0 spiro atoms. The second kappa shape index (κ2) is 1.33. The number of carbonyl (C=O) groups is 1. The monoisotopic (exact) mass is 98.0 g/mol. The van der Waals surface area contributed by atoms with E-state index in [0.29, 0.717) is 6.54 Å². The van der Waals surface area contributed by atoms with Gasteiger partial charge in [-0.1, -0.05) is 0 Å². The van der Waals surface area contributed by atoms with Crippen LogP contribution < -0.4 is 0 Å². The summed E-state index contributed by atoms with van der Waals surface area (Å²) in [6.07, 6.45) is 1.53. The third kappa shape index (κ3) is 0.765. The zero-order valence-electron chi connectivity index (χ0n) is 4.09. The van der Waals surface area contributed by atoms with Gasteiger partial charge in [-0.2, -0.15) is 0 Å². The number of amides is 1. The fraction of sp³-hybridized carbons (Fsp3) is 0.500. The minimum atomic E-state index is -0.0532. The van der Waals surface area contributed by atoms with E-state index in [4.69, 9.17) is 0 Å². The minimum Gasteiger partial charge on any atom is -0.356 e. The lowest BCUT2D eigenvalue weighted by Crippen LogP contribution is -2.14. The molecule has 1 rings (SSSR count). The Labute approximate surface area is 41.6 Å². The van der Waals surface area contributed by atoms with Gasteiger partial charge in [0.25, 0.3) is 5.91 Å². The van der Waals surface area contributed by atoms with Crippen LogP contribution in [0, 0.1) is 0 Å². The van der Waals surface area contributed by atoms with Gasteiger partial charge in [-0.15, -0.1) is 0 Å². The van der Waals surface area contributed by atoms with E-state index in [1.54, 1.807) is 4.90 Å². The Morgan fingerprint density at radius 3 is 2.86 bits per heavy atom. The molecule has 0 fully saturated rings. The average molecular weight is 98.1 g/mol. The fourth-order valence-electron chi connectivity index (χ4n) is 0.458. The highest BCUT2D eigenvalue weighted by Crippen LogP contribution is 1.87. The van der Waals surface area contributed by atoms with Crippen molar-refractivity contribution in [1.82, 2.24) is 4.90 Å². The Bertz CT molecular complexity index is 119. The molecule has 1 aliphatic rings. The van der Waals surface area contributed by atoms with E-state index >= 15 is 0 Å². The summed E-state index contributed by atoms with van der Waals surface area (Å²) in [5.41, 5.74) is 0. The van der Waals surface area contributed by atoms with E-state index in [-0.39, 0.29) is 5.91 Å². The Morgan fingerprint density at radius 2 is 2.71 bits per heavy atom. The lowest BCUT2D eigenvalue weighted by molar-refractivity contribution is -0.116. The van der Waals surface area contributed by atoms with Crippen LogP contribution in [0.1, 0.15) is 0 Å². The van der Waals surface area contributed by atoms with Crippen molar-refractivity contribution in [1.29, 1.82) is 0 Å². The zero-order valence-corrected chi connectivity index (χ0v) is 4.09. The summed E-state index contributed by atoms with van der Waals surface area (Å²) in [6.45, 7) is 0.444. The highest BCUT2D eigenvalue weighted by molar-refractivity contribution is 5.91. The van der Waals surface area contributed by atoms with Crippen molar-refractivity contribution < 1.29 is 4.79 Å². The number of likely N-dealkylation sites (N-methyl/N-ethyl adjacent to an activating group) is 1. The molecule has 0 N–H and O–H groups in total. The summed E-state index contributed by atoms with van der Waals surface area (Å²) in [7, 11) is 1.81. The van der Waals surface area contributed by atoms with Crippen molar-refractivity contribution >= 4 is 12.2 Å². The van der Waals surface area contributed by atoms with Gasteiger partial charge in [0.05, 0.1) is 12.9 Å². The van der Waals surface area contributed by atoms with Crippen molar-refractivity contribution in [2.45, 2.75) is 0 Å². The second-order valence-electron chi connectivity index (χ2n) is 1.55. The molecule has 0 saturated carbocycles. The maximum atomic E-state index is 10.2. The molecule has 0 aliphatic carbocycles. The molecule has 0 aromatic heterocycles. The topological polar surface area (TPSA) is 32.7 Å². The summed E-state index contributed by atoms with van der Waals surface area (Å²) >= 11 is 0. The first-order valence-corrected chi connectivity index (χ1v) is 2.06. The van der Waals surface area contributed by atoms with Gasteiger partial charge in [0.1, 0.15) is 0 Å². The predicted octanol–water partition coefficient (Wildman–Crippen LogP) is -0.513. The fourth-order valence-corrected chi connectivity index (χ4v) is 0.458. The van der Waals surface area contributed by atoms with Crippen LogP contribution in [0.15, 0.2) is 4.99 Å². The third-order valence-electron chi connectivity index (χ3n) is 0.784. The molecular weight excluding hydrogens is 92.1 g/mol. The van der Waals surface area contributed by atoms with Gasteiger partial charge in [0, 0.05) is 7.05 Å². The van der Waals surface area contributed by atoms with Crippen LogP contribution >= 0.6 is 0 Å². The van der Waals surface area contributed by atoms with Crippen molar-refractivity contribution in [2.24, 2.45) is 4.99 Å². The molecule has 7 heavy (non-hydrogen) atoms. The van der Waals surface area contributed by atoms with Gasteiger partial charge < -0.3 is 4.90 Å². The van der Waals surface area contributed by atoms with Gasteiger partial charge >= 0.3 is 0 Å². The molecule has 0 aromatic carbocycles. The molecular formula is C4H6N2O. The standard InChI is InChI=1S/C4H6N2O/c1-6-2-4(7)5-3-6/h3H,2H2,1H3. The van der Waals surface area contributed by atoms with Crippen molar-refractivity contribution in [3.05, 3.63) is 0 Å². The maximum absolute atomic E-state index is 10.2. The van der Waals surface area contributed by atoms with E-state index in [2.05, 4.69) is 4.99 Å². The maximum Gasteiger partial charge on any atom is 0.266 e. The molecule has 3 nitrogen and oxygen atoms in total. The first-order valence-electron chi connectivity index (χ1n) is 2.06. The third-order valence-corrected chi connectivity index (χ3v) is 0.784. The molecule has 0 bridgehead atoms. The van der Waals surface area contributed by atoms with E-state index in [1.165, 1.54) is 6.34 Å². The van der Waals surface area contributed by atoms with Crippen LogP contribution in [-0.4, -0.2) is 30.7 Å². The molecule has 0 radical (unpaired) electrons. The molecule has 3 heteroatoms. The molecule has 0 atom stereocenters. The van der Waals surface area contributed by atoms with Crippen LogP contribution in [0.2, 0.25) is 0 Å². The lowest BCUT2D eigenvalue weighted by Gasteiger charge is -1.98. The molecule has 0 unspecified atom stereocenters. The Kier molecular flexibility index (Phi) is 0.817. The summed E-state index contributed by atoms with van der Waals surface area (Å²) in [5.74, 6) is -0.0532. The predicted molar refractivity (Wildman–Crippen MR) is 26.1 cm³/mol. The molecule has 0 saturated heterocycles. The number of carbonyl (C=O) groups excluding carboxylic acids is 1. The average Bonchev–Trinajstić information content (AvgIpc) is 1.87. The van der Waals surface area contributed by atoms with Crippen LogP contribution in [0.5, 0.6) is 0 Å². The molecule has 1 heterocycles. The van der Waals surface area contributed by atoms with Gasteiger partial charge in [0.15, 0.2) is 0 Å². The minimum absolute atomic E-state index is 0.0532. The number of hydrogen-bond acceptors (Lipinski definition) is 2.